The topological polar surface area (TPSA) is 88.8 Å². The fraction of sp³-hybridized carbons (Fsp3) is 0.333. The number of quaternary nitrogens is 1. The van der Waals surface area contributed by atoms with Crippen LogP contribution in [0, 0.1) is 10.1 Å². The van der Waals surface area contributed by atoms with Crippen LogP contribution in [0.4, 0.5) is 0 Å². The molecule has 1 heterocycles. The number of benzene rings is 1. The van der Waals surface area contributed by atoms with Crippen molar-refractivity contribution in [2.45, 2.75) is 25.7 Å². The number of thiocarbonyl (C=S) groups is 1. The first-order valence-corrected chi connectivity index (χ1v) is 7.62. The van der Waals surface area contributed by atoms with Gasteiger partial charge >= 0.3 is 5.70 Å². The van der Waals surface area contributed by atoms with Gasteiger partial charge in [0.05, 0.1) is 11.5 Å². The molecule has 1 aliphatic heterocycles. The highest BCUT2D eigenvalue weighted by atomic mass is 32.1. The zero-order chi connectivity index (χ0) is 15.9. The fourth-order valence-corrected chi connectivity index (χ4v) is 2.70. The average molecular weight is 320 g/mol. The minimum atomic E-state index is -0.495. The molecule has 7 heteroatoms. The quantitative estimate of drug-likeness (QED) is 0.381. The lowest BCUT2D eigenvalue weighted by Gasteiger charge is -2.07. The van der Waals surface area contributed by atoms with Crippen LogP contribution in [0.3, 0.4) is 0 Å². The van der Waals surface area contributed by atoms with Gasteiger partial charge in [-0.3, -0.25) is 14.9 Å². The molecule has 0 bridgehead atoms. The fourth-order valence-electron chi connectivity index (χ4n) is 2.40. The van der Waals surface area contributed by atoms with E-state index in [9.17, 15) is 14.9 Å². The van der Waals surface area contributed by atoms with Crippen LogP contribution in [-0.2, 0) is 0 Å². The Kier molecular flexibility index (Phi) is 5.74. The van der Waals surface area contributed by atoms with Crippen LogP contribution < -0.4 is 10.6 Å². The molecule has 1 amide bonds. The lowest BCUT2D eigenvalue weighted by atomic mass is 10.1. The van der Waals surface area contributed by atoms with Crippen molar-refractivity contribution in [1.29, 1.82) is 0 Å². The number of hydrogen-bond donors (Lipinski definition) is 2. The molecule has 0 spiro atoms. The Morgan fingerprint density at radius 2 is 1.95 bits per heavy atom. The first-order valence-electron chi connectivity index (χ1n) is 7.21. The predicted molar refractivity (Wildman–Crippen MR) is 85.8 cm³/mol. The number of nitrogens with zero attached hydrogens (tertiary/aromatic N) is 1. The van der Waals surface area contributed by atoms with Crippen molar-refractivity contribution in [3.8, 4) is 0 Å². The number of amides is 1. The van der Waals surface area contributed by atoms with Gasteiger partial charge in [0.2, 0.25) is 0 Å². The van der Waals surface area contributed by atoms with Gasteiger partial charge < -0.3 is 10.6 Å². The molecule has 0 atom stereocenters. The highest BCUT2D eigenvalue weighted by Gasteiger charge is 2.29. The van der Waals surface area contributed by atoms with E-state index in [1.54, 1.807) is 30.3 Å². The minimum Gasteiger partial charge on any atom is -0.311 e. The minimum absolute atomic E-state index is 0.119. The van der Waals surface area contributed by atoms with Crippen molar-refractivity contribution < 1.29 is 15.0 Å². The molecule has 1 aliphatic rings. The number of nitro groups is 1. The Hall–Kier alpha value is -2.12. The van der Waals surface area contributed by atoms with Gasteiger partial charge in [-0.15, -0.1) is 0 Å². The zero-order valence-corrected chi connectivity index (χ0v) is 12.9. The number of nitrogens with one attached hydrogen (secondary N) is 1. The predicted octanol–water partition coefficient (Wildman–Crippen LogP) is 1.37. The van der Waals surface area contributed by atoms with Crippen LogP contribution in [0.15, 0.2) is 41.7 Å². The molecule has 1 aromatic rings. The van der Waals surface area contributed by atoms with Crippen LogP contribution in [0.1, 0.15) is 36.0 Å². The van der Waals surface area contributed by atoms with Gasteiger partial charge in [0, 0.05) is 12.0 Å². The highest BCUT2D eigenvalue weighted by Crippen LogP contribution is 2.12. The lowest BCUT2D eigenvalue weighted by molar-refractivity contribution is -0.615. The summed E-state index contributed by atoms with van der Waals surface area (Å²) in [5, 5.41) is 15.7. The third-order valence-electron chi connectivity index (χ3n) is 3.51. The molecule has 1 saturated heterocycles. The highest BCUT2D eigenvalue weighted by molar-refractivity contribution is 7.80. The maximum Gasteiger partial charge on any atom is 0.359 e. The first kappa shape index (κ1) is 16.3. The van der Waals surface area contributed by atoms with Crippen molar-refractivity contribution >= 4 is 23.1 Å². The van der Waals surface area contributed by atoms with Gasteiger partial charge in [0.15, 0.2) is 10.7 Å². The standard InChI is InChI=1S/C15H17N3O3S/c19-14(11-7-3-1-4-8-11)17-15(22)13(18(20)21)12-9-5-2-6-10-16-12/h1,3-4,7-8,16H,2,5-6,9-10H2,(H,17,19,22)/p+1/b13-12-. The number of carbonyl (C=O) groups is 1. The van der Waals surface area contributed by atoms with E-state index >= 15 is 0 Å². The summed E-state index contributed by atoms with van der Waals surface area (Å²) in [5.41, 5.74) is 0.893. The number of carbonyl (C=O) groups excluding carboxylic acids is 1. The SMILES string of the molecule is O=C(NC(=S)/C(=C1\CCCCC[NH2+]1)[N+](=O)[O-])c1ccccc1. The van der Waals surface area contributed by atoms with Crippen molar-refractivity contribution in [1.82, 2.24) is 5.32 Å². The average Bonchev–Trinajstić information content (AvgIpc) is 2.77. The maximum absolute atomic E-state index is 12.1. The summed E-state index contributed by atoms with van der Waals surface area (Å²) < 4.78 is 0. The summed E-state index contributed by atoms with van der Waals surface area (Å²) in [6.45, 7) is 0.807. The van der Waals surface area contributed by atoms with E-state index in [1.807, 2.05) is 5.32 Å². The molecule has 1 fully saturated rings. The van der Waals surface area contributed by atoms with E-state index in [0.29, 0.717) is 17.7 Å². The molecule has 0 aliphatic carbocycles. The van der Waals surface area contributed by atoms with Crippen molar-refractivity contribution in [3.05, 3.63) is 57.4 Å². The molecule has 1 aromatic carbocycles. The molecule has 116 valence electrons. The Labute approximate surface area is 133 Å². The van der Waals surface area contributed by atoms with E-state index in [1.165, 1.54) is 0 Å². The number of hydrogen-bond acceptors (Lipinski definition) is 4. The van der Waals surface area contributed by atoms with Gasteiger partial charge in [-0.25, -0.2) is 0 Å². The third-order valence-corrected chi connectivity index (χ3v) is 3.80. The van der Waals surface area contributed by atoms with E-state index < -0.39 is 10.8 Å². The molecule has 2 rings (SSSR count). The number of nitrogens with two attached hydrogens (primary N) is 1. The molecule has 0 aromatic heterocycles. The molecular formula is C15H18N3O3S+. The third kappa shape index (κ3) is 4.19. The first-order chi connectivity index (χ1) is 10.6. The molecule has 0 saturated carbocycles. The van der Waals surface area contributed by atoms with Crippen molar-refractivity contribution in [2.24, 2.45) is 0 Å². The van der Waals surface area contributed by atoms with E-state index in [4.69, 9.17) is 12.2 Å². The van der Waals surface area contributed by atoms with Crippen LogP contribution in [0.25, 0.3) is 0 Å². The summed E-state index contributed by atoms with van der Waals surface area (Å²) >= 11 is 5.10. The van der Waals surface area contributed by atoms with Crippen molar-refractivity contribution in [3.63, 3.8) is 0 Å². The monoisotopic (exact) mass is 320 g/mol. The van der Waals surface area contributed by atoms with Crippen LogP contribution in [0.5, 0.6) is 0 Å². The Morgan fingerprint density at radius 3 is 2.64 bits per heavy atom. The van der Waals surface area contributed by atoms with Gasteiger partial charge in [-0.05, 0) is 31.4 Å². The summed E-state index contributed by atoms with van der Waals surface area (Å²) in [5.74, 6) is -0.431. The van der Waals surface area contributed by atoms with Gasteiger partial charge in [0.1, 0.15) is 0 Å². The van der Waals surface area contributed by atoms with Crippen LogP contribution in [-0.4, -0.2) is 22.4 Å². The van der Waals surface area contributed by atoms with Gasteiger partial charge in [-0.1, -0.05) is 30.4 Å². The van der Waals surface area contributed by atoms with Gasteiger partial charge in [0.25, 0.3) is 5.91 Å². The van der Waals surface area contributed by atoms with E-state index in [-0.39, 0.29) is 10.7 Å². The summed E-state index contributed by atoms with van der Waals surface area (Å²) in [7, 11) is 0. The largest absolute Gasteiger partial charge is 0.359 e. The maximum atomic E-state index is 12.1. The Balaban J connectivity index is 2.18. The summed E-state index contributed by atoms with van der Waals surface area (Å²) in [6, 6.07) is 8.51. The van der Waals surface area contributed by atoms with Crippen molar-refractivity contribution in [2.75, 3.05) is 6.54 Å². The second-order valence-electron chi connectivity index (χ2n) is 5.08. The van der Waals surface area contributed by atoms with Gasteiger partial charge in [-0.2, -0.15) is 0 Å². The molecule has 0 radical (unpaired) electrons. The van der Waals surface area contributed by atoms with E-state index in [0.717, 1.165) is 25.8 Å². The lowest BCUT2D eigenvalue weighted by Crippen LogP contribution is -2.82. The van der Waals surface area contributed by atoms with Crippen LogP contribution in [0.2, 0.25) is 0 Å². The molecule has 0 unspecified atom stereocenters. The molecule has 3 N–H and O–H groups in total. The zero-order valence-electron chi connectivity index (χ0n) is 12.1. The smallest absolute Gasteiger partial charge is 0.311 e. The Bertz CT molecular complexity index is 604. The second kappa shape index (κ2) is 7.77. The van der Waals surface area contributed by atoms with Crippen LogP contribution >= 0.6 is 12.2 Å². The van der Waals surface area contributed by atoms with E-state index in [2.05, 4.69) is 5.32 Å². The summed E-state index contributed by atoms with van der Waals surface area (Å²) in [6.07, 6.45) is 3.60. The Morgan fingerprint density at radius 1 is 1.23 bits per heavy atom. The molecule has 6 nitrogen and oxygen atoms in total. The molecule has 22 heavy (non-hydrogen) atoms. The number of rotatable bonds is 3. The summed E-state index contributed by atoms with van der Waals surface area (Å²) in [4.78, 5) is 22.8. The normalized spacial score (nSPS) is 17.3. The second-order valence-corrected chi connectivity index (χ2v) is 5.49. The molecular weight excluding hydrogens is 302 g/mol. The number of allylic oxidation sites excluding steroid dienone is 1.